The molecule has 0 aliphatic carbocycles. The maximum atomic E-state index is 14.2. The fourth-order valence-electron chi connectivity index (χ4n) is 2.98. The number of halogens is 1. The van der Waals surface area contributed by atoms with Crippen molar-refractivity contribution in [2.24, 2.45) is 0 Å². The molecule has 1 amide bonds. The van der Waals surface area contributed by atoms with Crippen LogP contribution in [0.5, 0.6) is 0 Å². The highest BCUT2D eigenvalue weighted by atomic mass is 32.2. The van der Waals surface area contributed by atoms with E-state index in [0.717, 1.165) is 16.3 Å². The lowest BCUT2D eigenvalue weighted by atomic mass is 10.1. The van der Waals surface area contributed by atoms with Crippen LogP contribution in [0.4, 0.5) is 10.1 Å². The van der Waals surface area contributed by atoms with Gasteiger partial charge in [-0.3, -0.25) is 9.10 Å². The summed E-state index contributed by atoms with van der Waals surface area (Å²) in [7, 11) is -3.85. The number of rotatable bonds is 10. The van der Waals surface area contributed by atoms with E-state index in [4.69, 9.17) is 0 Å². The Kier molecular flexibility index (Phi) is 8.52. The van der Waals surface area contributed by atoms with Crippen molar-refractivity contribution in [3.63, 3.8) is 0 Å². The number of para-hydroxylation sites is 1. The molecule has 0 saturated carbocycles. The number of hydrogen-bond donors (Lipinski definition) is 1. The number of nitrogens with one attached hydrogen (secondary N) is 1. The number of hydrogen-bond acceptors (Lipinski definition) is 4. The van der Waals surface area contributed by atoms with Gasteiger partial charge in [-0.05, 0) is 36.6 Å². The molecule has 0 aliphatic rings. The van der Waals surface area contributed by atoms with E-state index in [0.29, 0.717) is 12.3 Å². The summed E-state index contributed by atoms with van der Waals surface area (Å²) in [6, 6.07) is 12.7. The molecule has 0 heterocycles. The maximum Gasteiger partial charge on any atom is 0.243 e. The molecule has 2 aromatic carbocycles. The van der Waals surface area contributed by atoms with Crippen molar-refractivity contribution in [1.82, 2.24) is 5.32 Å². The summed E-state index contributed by atoms with van der Waals surface area (Å²) in [5, 5.41) is 2.79. The number of nitrogens with zero attached hydrogens (tertiary/aromatic N) is 1. The van der Waals surface area contributed by atoms with Crippen LogP contribution in [0.2, 0.25) is 0 Å². The van der Waals surface area contributed by atoms with Crippen LogP contribution in [0.1, 0.15) is 24.5 Å². The Bertz CT molecular complexity index is 935. The molecule has 1 N–H and O–H groups in total. The Hall–Kier alpha value is -2.06. The number of anilines is 1. The summed E-state index contributed by atoms with van der Waals surface area (Å²) < 4.78 is 39.8. The summed E-state index contributed by atoms with van der Waals surface area (Å²) in [5.74, 6) is 0.412. The average Bonchev–Trinajstić information content (AvgIpc) is 2.67. The molecule has 8 heteroatoms. The van der Waals surface area contributed by atoms with Crippen LogP contribution in [0, 0.1) is 12.7 Å². The van der Waals surface area contributed by atoms with E-state index in [-0.39, 0.29) is 12.1 Å². The van der Waals surface area contributed by atoms with Gasteiger partial charge in [0.15, 0.2) is 0 Å². The standard InChI is InChI=1S/C21H27FN2O3S2/c1-4-19(24(29(3,26)27)20-12-8-7-11-18(20)22)21(25)23-13-14-28-15-17-10-6-5-9-16(17)2/h5-12,19H,4,13-15H2,1-3H3,(H,23,25). The average molecular weight is 439 g/mol. The van der Waals surface area contributed by atoms with Gasteiger partial charge in [-0.25, -0.2) is 12.8 Å². The Balaban J connectivity index is 1.99. The molecule has 29 heavy (non-hydrogen) atoms. The molecule has 5 nitrogen and oxygen atoms in total. The fraction of sp³-hybridized carbons (Fsp3) is 0.381. The Morgan fingerprint density at radius 3 is 2.45 bits per heavy atom. The first kappa shape index (κ1) is 23.2. The first-order valence-electron chi connectivity index (χ1n) is 9.39. The Morgan fingerprint density at radius 2 is 1.83 bits per heavy atom. The maximum absolute atomic E-state index is 14.2. The van der Waals surface area contributed by atoms with Crippen molar-refractivity contribution < 1.29 is 17.6 Å². The van der Waals surface area contributed by atoms with Crippen LogP contribution in [-0.2, 0) is 20.6 Å². The molecule has 0 fully saturated rings. The minimum atomic E-state index is -3.85. The summed E-state index contributed by atoms with van der Waals surface area (Å²) in [6.07, 6.45) is 1.21. The second-order valence-corrected chi connectivity index (χ2v) is 9.67. The zero-order valence-corrected chi connectivity index (χ0v) is 18.5. The molecule has 0 bridgehead atoms. The van der Waals surface area contributed by atoms with E-state index in [2.05, 4.69) is 24.4 Å². The first-order valence-corrected chi connectivity index (χ1v) is 12.4. The highest BCUT2D eigenvalue weighted by Gasteiger charge is 2.32. The molecule has 1 atom stereocenters. The number of aryl methyl sites for hydroxylation is 1. The summed E-state index contributed by atoms with van der Waals surface area (Å²) in [5.41, 5.74) is 2.35. The molecular formula is C21H27FN2O3S2. The molecule has 0 radical (unpaired) electrons. The van der Waals surface area contributed by atoms with E-state index >= 15 is 0 Å². The van der Waals surface area contributed by atoms with Crippen molar-refractivity contribution >= 4 is 33.4 Å². The van der Waals surface area contributed by atoms with Gasteiger partial charge in [-0.2, -0.15) is 11.8 Å². The van der Waals surface area contributed by atoms with Crippen molar-refractivity contribution in [3.8, 4) is 0 Å². The van der Waals surface area contributed by atoms with Gasteiger partial charge in [0.05, 0.1) is 11.9 Å². The van der Waals surface area contributed by atoms with Crippen molar-refractivity contribution in [1.29, 1.82) is 0 Å². The minimum absolute atomic E-state index is 0.120. The first-order chi connectivity index (χ1) is 13.8. The number of sulfonamides is 1. The van der Waals surface area contributed by atoms with Crippen LogP contribution in [0.15, 0.2) is 48.5 Å². The Morgan fingerprint density at radius 1 is 1.17 bits per heavy atom. The Labute approximate surface area is 176 Å². The van der Waals surface area contributed by atoms with Crippen LogP contribution >= 0.6 is 11.8 Å². The second-order valence-electron chi connectivity index (χ2n) is 6.70. The summed E-state index contributed by atoms with van der Waals surface area (Å²) >= 11 is 1.69. The van der Waals surface area contributed by atoms with Crippen molar-refractivity contribution in [2.75, 3.05) is 22.9 Å². The number of carbonyl (C=O) groups is 1. The van der Waals surface area contributed by atoms with Gasteiger partial charge in [0.2, 0.25) is 15.9 Å². The third-order valence-corrected chi connectivity index (χ3v) is 6.66. The van der Waals surface area contributed by atoms with Gasteiger partial charge in [-0.1, -0.05) is 43.3 Å². The van der Waals surface area contributed by atoms with E-state index < -0.39 is 27.8 Å². The number of amides is 1. The van der Waals surface area contributed by atoms with Gasteiger partial charge < -0.3 is 5.32 Å². The highest BCUT2D eigenvalue weighted by molar-refractivity contribution is 7.98. The minimum Gasteiger partial charge on any atom is -0.353 e. The van der Waals surface area contributed by atoms with Gasteiger partial charge in [0, 0.05) is 18.1 Å². The summed E-state index contributed by atoms with van der Waals surface area (Å²) in [4.78, 5) is 12.7. The third-order valence-electron chi connectivity index (χ3n) is 4.48. The lowest BCUT2D eigenvalue weighted by Gasteiger charge is -2.30. The fourth-order valence-corrected chi connectivity index (χ4v) is 5.13. The van der Waals surface area contributed by atoms with E-state index in [1.165, 1.54) is 29.3 Å². The van der Waals surface area contributed by atoms with Crippen LogP contribution < -0.4 is 9.62 Å². The predicted molar refractivity (Wildman–Crippen MR) is 118 cm³/mol. The lowest BCUT2D eigenvalue weighted by molar-refractivity contribution is -0.122. The van der Waals surface area contributed by atoms with Crippen LogP contribution in [-0.4, -0.2) is 38.9 Å². The van der Waals surface area contributed by atoms with Gasteiger partial charge in [-0.15, -0.1) is 0 Å². The molecule has 0 aromatic heterocycles. The van der Waals surface area contributed by atoms with E-state index in [1.54, 1.807) is 24.8 Å². The molecule has 2 rings (SSSR count). The lowest BCUT2D eigenvalue weighted by Crippen LogP contribution is -2.50. The normalized spacial score (nSPS) is 12.4. The van der Waals surface area contributed by atoms with Crippen molar-refractivity contribution in [2.45, 2.75) is 32.1 Å². The number of thioether (sulfide) groups is 1. The monoisotopic (exact) mass is 438 g/mol. The largest absolute Gasteiger partial charge is 0.353 e. The van der Waals surface area contributed by atoms with Crippen LogP contribution in [0.3, 0.4) is 0 Å². The van der Waals surface area contributed by atoms with Crippen molar-refractivity contribution in [3.05, 3.63) is 65.5 Å². The summed E-state index contributed by atoms with van der Waals surface area (Å²) in [6.45, 7) is 4.17. The quantitative estimate of drug-likeness (QED) is 0.574. The molecular weight excluding hydrogens is 411 g/mol. The highest BCUT2D eigenvalue weighted by Crippen LogP contribution is 2.25. The number of benzene rings is 2. The van der Waals surface area contributed by atoms with Gasteiger partial charge in [0.25, 0.3) is 0 Å². The zero-order valence-electron chi connectivity index (χ0n) is 16.9. The zero-order chi connectivity index (χ0) is 21.4. The predicted octanol–water partition coefficient (Wildman–Crippen LogP) is 3.73. The molecule has 0 aliphatic heterocycles. The molecule has 158 valence electrons. The molecule has 0 saturated heterocycles. The molecule has 0 spiro atoms. The molecule has 1 unspecified atom stereocenters. The number of carbonyl (C=O) groups excluding carboxylic acids is 1. The van der Waals surface area contributed by atoms with Crippen LogP contribution in [0.25, 0.3) is 0 Å². The van der Waals surface area contributed by atoms with E-state index in [9.17, 15) is 17.6 Å². The molecule has 2 aromatic rings. The smallest absolute Gasteiger partial charge is 0.243 e. The SMILES string of the molecule is CCC(C(=O)NCCSCc1ccccc1C)N(c1ccccc1F)S(C)(=O)=O. The van der Waals surface area contributed by atoms with Gasteiger partial charge >= 0.3 is 0 Å². The second kappa shape index (κ2) is 10.6. The topological polar surface area (TPSA) is 66.5 Å². The van der Waals surface area contributed by atoms with E-state index in [1.807, 2.05) is 12.1 Å². The third kappa shape index (κ3) is 6.47. The van der Waals surface area contributed by atoms with Gasteiger partial charge in [0.1, 0.15) is 11.9 Å².